The van der Waals surface area contributed by atoms with E-state index < -0.39 is 10.2 Å². The second kappa shape index (κ2) is 9.92. The average Bonchev–Trinajstić information content (AvgIpc) is 3.28. The van der Waals surface area contributed by atoms with E-state index in [9.17, 15) is 8.42 Å². The van der Waals surface area contributed by atoms with Gasteiger partial charge in [-0.2, -0.15) is 17.8 Å². The van der Waals surface area contributed by atoms with E-state index in [-0.39, 0.29) is 30.3 Å². The monoisotopic (exact) mass is 482 g/mol. The van der Waals surface area contributed by atoms with E-state index in [2.05, 4.69) is 9.71 Å². The van der Waals surface area contributed by atoms with Crippen LogP contribution in [0.3, 0.4) is 0 Å². The van der Waals surface area contributed by atoms with Crippen molar-refractivity contribution < 1.29 is 8.42 Å². The molecule has 0 aromatic heterocycles. The van der Waals surface area contributed by atoms with Gasteiger partial charge < -0.3 is 11.5 Å². The van der Waals surface area contributed by atoms with E-state index in [1.54, 1.807) is 17.1 Å². The molecule has 2 unspecified atom stereocenters. The fourth-order valence-electron chi connectivity index (χ4n) is 4.25. The molecule has 0 radical (unpaired) electrons. The lowest BCUT2D eigenvalue weighted by atomic mass is 9.90. The van der Waals surface area contributed by atoms with Crippen LogP contribution in [0.5, 0.6) is 0 Å². The quantitative estimate of drug-likeness (QED) is 0.370. The minimum Gasteiger partial charge on any atom is -0.384 e. The lowest BCUT2D eigenvalue weighted by molar-refractivity contribution is 0.313. The van der Waals surface area contributed by atoms with E-state index in [0.717, 1.165) is 29.7 Å². The van der Waals surface area contributed by atoms with Crippen LogP contribution in [0.1, 0.15) is 35.4 Å². The molecule has 180 valence electrons. The van der Waals surface area contributed by atoms with Crippen molar-refractivity contribution in [2.75, 3.05) is 26.7 Å². The van der Waals surface area contributed by atoms with E-state index in [4.69, 9.17) is 22.0 Å². The van der Waals surface area contributed by atoms with Crippen molar-refractivity contribution >= 4 is 27.7 Å². The summed E-state index contributed by atoms with van der Waals surface area (Å²) in [6, 6.07) is 17.1. The smallest absolute Gasteiger partial charge is 0.304 e. The number of hydrazone groups is 1. The summed E-state index contributed by atoms with van der Waals surface area (Å²) in [5.41, 5.74) is 14.9. The van der Waals surface area contributed by atoms with Crippen LogP contribution in [0.15, 0.2) is 64.7 Å². The van der Waals surface area contributed by atoms with Crippen molar-refractivity contribution in [3.8, 4) is 0 Å². The van der Waals surface area contributed by atoms with Crippen LogP contribution in [0.4, 0.5) is 0 Å². The molecule has 6 N–H and O–H groups in total. The fourth-order valence-corrected chi connectivity index (χ4v) is 5.56. The number of hydrogen-bond acceptors (Lipinski definition) is 6. The Morgan fingerprint density at radius 3 is 2.47 bits per heavy atom. The van der Waals surface area contributed by atoms with Gasteiger partial charge in [0.15, 0.2) is 0 Å². The first-order chi connectivity index (χ1) is 16.3. The zero-order valence-corrected chi connectivity index (χ0v) is 19.9. The van der Waals surface area contributed by atoms with Crippen molar-refractivity contribution in [2.24, 2.45) is 21.6 Å². The topological polar surface area (TPSA) is 153 Å². The first kappa shape index (κ1) is 23.9. The van der Waals surface area contributed by atoms with Crippen LogP contribution in [-0.2, 0) is 10.2 Å². The molecule has 0 amide bonds. The Kier molecular flexibility index (Phi) is 6.96. The molecule has 0 aliphatic carbocycles. The van der Waals surface area contributed by atoms with Crippen molar-refractivity contribution in [1.29, 1.82) is 5.41 Å². The second-order valence-corrected chi connectivity index (χ2v) is 10.1. The molecule has 11 heteroatoms. The second-order valence-electron chi connectivity index (χ2n) is 8.44. The molecule has 10 nitrogen and oxygen atoms in total. The Bertz CT molecular complexity index is 1200. The number of hydrogen-bond donors (Lipinski definition) is 4. The number of nitrogens with two attached hydrogens (primary N) is 2. The molecule has 1 saturated heterocycles. The van der Waals surface area contributed by atoms with Crippen molar-refractivity contribution in [3.05, 3.63) is 71.3 Å². The van der Waals surface area contributed by atoms with Gasteiger partial charge in [-0.15, -0.1) is 0 Å². The molecule has 4 rings (SSSR count). The molecule has 2 aromatic carbocycles. The Labute approximate surface area is 200 Å². The summed E-state index contributed by atoms with van der Waals surface area (Å²) in [7, 11) is -2.29. The van der Waals surface area contributed by atoms with E-state index >= 15 is 0 Å². The summed E-state index contributed by atoms with van der Waals surface area (Å²) >= 11 is 0. The van der Waals surface area contributed by atoms with Crippen molar-refractivity contribution in [1.82, 2.24) is 14.0 Å². The lowest BCUT2D eigenvalue weighted by Gasteiger charge is -2.30. The predicted molar refractivity (Wildman–Crippen MR) is 134 cm³/mol. The van der Waals surface area contributed by atoms with Gasteiger partial charge >= 0.3 is 10.2 Å². The lowest BCUT2D eigenvalue weighted by Crippen LogP contribution is -2.53. The van der Waals surface area contributed by atoms with E-state index in [0.29, 0.717) is 18.7 Å². The number of benzene rings is 2. The summed E-state index contributed by atoms with van der Waals surface area (Å²) < 4.78 is 30.0. The van der Waals surface area contributed by atoms with E-state index in [1.807, 2.05) is 42.5 Å². The van der Waals surface area contributed by atoms with Crippen LogP contribution in [0.2, 0.25) is 0 Å². The Morgan fingerprint density at radius 2 is 1.85 bits per heavy atom. The summed E-state index contributed by atoms with van der Waals surface area (Å²) in [5.74, 6) is 0.0397. The number of piperidine rings is 1. The number of nitrogen functional groups attached to an aromatic ring is 1. The highest BCUT2D eigenvalue weighted by Gasteiger charge is 2.34. The zero-order valence-electron chi connectivity index (χ0n) is 19.1. The summed E-state index contributed by atoms with van der Waals surface area (Å²) in [5, 5.41) is 14.0. The third kappa shape index (κ3) is 5.11. The highest BCUT2D eigenvalue weighted by atomic mass is 32.2. The normalized spacial score (nSPS) is 21.9. The van der Waals surface area contributed by atoms with Crippen LogP contribution in [-0.4, -0.2) is 68.0 Å². The van der Waals surface area contributed by atoms with Gasteiger partial charge in [-0.1, -0.05) is 54.6 Å². The molecule has 0 spiro atoms. The van der Waals surface area contributed by atoms with Gasteiger partial charge in [-0.25, -0.2) is 9.73 Å². The van der Waals surface area contributed by atoms with Gasteiger partial charge in [-0.3, -0.25) is 10.4 Å². The van der Waals surface area contributed by atoms with Crippen LogP contribution >= 0.6 is 0 Å². The minimum atomic E-state index is -3.82. The third-order valence-corrected chi connectivity index (χ3v) is 7.50. The average molecular weight is 483 g/mol. The third-order valence-electron chi connectivity index (χ3n) is 6.04. The van der Waals surface area contributed by atoms with Gasteiger partial charge in [0, 0.05) is 37.7 Å². The van der Waals surface area contributed by atoms with Crippen LogP contribution in [0.25, 0.3) is 0 Å². The van der Waals surface area contributed by atoms with Crippen LogP contribution < -0.4 is 16.2 Å². The molecule has 2 aliphatic rings. The molecule has 2 aliphatic heterocycles. The standard InChI is InChI=1S/C23H30N8O2S/c1-27-23(29-34(32,33)30-13-5-8-19(24)14-30)31-15-20(16-6-3-2-4-7-16)21(28-31)17-9-11-18(12-10-17)22(25)26/h2-4,6-7,9-12,19-20H,5,8,13-15,24H2,1H3,(H3,25,26)(H,27,29). The van der Waals surface area contributed by atoms with Gasteiger partial charge in [0.05, 0.1) is 12.3 Å². The molecule has 2 heterocycles. The van der Waals surface area contributed by atoms with Crippen molar-refractivity contribution in [2.45, 2.75) is 24.8 Å². The first-order valence-corrected chi connectivity index (χ1v) is 12.6. The largest absolute Gasteiger partial charge is 0.384 e. The molecule has 2 atom stereocenters. The number of amidine groups is 1. The molecule has 0 saturated carbocycles. The molecule has 0 bridgehead atoms. The SMILES string of the molecule is CN=C(NS(=O)(=O)N1CCCC(N)C1)N1CC(c2ccccc2)C(c2ccc(C(=N)N)cc2)=N1. The van der Waals surface area contributed by atoms with Gasteiger partial charge in [0.2, 0.25) is 5.96 Å². The van der Waals surface area contributed by atoms with E-state index in [1.165, 1.54) is 11.4 Å². The Balaban J connectivity index is 1.63. The highest BCUT2D eigenvalue weighted by Crippen LogP contribution is 2.29. The summed E-state index contributed by atoms with van der Waals surface area (Å²) in [4.78, 5) is 4.21. The zero-order chi connectivity index (χ0) is 24.3. The fraction of sp³-hybridized carbons (Fsp3) is 0.348. The van der Waals surface area contributed by atoms with Gasteiger partial charge in [-0.05, 0) is 24.0 Å². The highest BCUT2D eigenvalue weighted by molar-refractivity contribution is 7.87. The first-order valence-electron chi connectivity index (χ1n) is 11.1. The van der Waals surface area contributed by atoms with Crippen molar-refractivity contribution in [3.63, 3.8) is 0 Å². The maximum absolute atomic E-state index is 13.0. The number of nitrogens with zero attached hydrogens (tertiary/aromatic N) is 4. The number of guanidine groups is 1. The predicted octanol–water partition coefficient (Wildman–Crippen LogP) is 1.02. The van der Waals surface area contributed by atoms with Gasteiger partial charge in [0.1, 0.15) is 5.84 Å². The molecule has 1 fully saturated rings. The molecule has 2 aromatic rings. The number of aliphatic imine (C=N–C) groups is 1. The maximum atomic E-state index is 13.0. The molecular weight excluding hydrogens is 452 g/mol. The van der Waals surface area contributed by atoms with Crippen LogP contribution in [0, 0.1) is 5.41 Å². The Morgan fingerprint density at radius 1 is 1.15 bits per heavy atom. The Hall–Kier alpha value is -3.28. The number of nitrogens with one attached hydrogen (secondary N) is 2. The molecule has 34 heavy (non-hydrogen) atoms. The number of rotatable bonds is 5. The molecular formula is C23H30N8O2S. The summed E-state index contributed by atoms with van der Waals surface area (Å²) in [6.07, 6.45) is 1.53. The van der Waals surface area contributed by atoms with Gasteiger partial charge in [0.25, 0.3) is 0 Å². The minimum absolute atomic E-state index is 0.00612. The summed E-state index contributed by atoms with van der Waals surface area (Å²) in [6.45, 7) is 1.11. The maximum Gasteiger partial charge on any atom is 0.304 e.